The van der Waals surface area contributed by atoms with Gasteiger partial charge < -0.3 is 16.4 Å². The molecule has 0 aliphatic heterocycles. The maximum absolute atomic E-state index is 5.38. The molecule has 8 heteroatoms. The van der Waals surface area contributed by atoms with Crippen molar-refractivity contribution in [3.05, 3.63) is 23.5 Å². The van der Waals surface area contributed by atoms with Crippen LogP contribution in [-0.2, 0) is 6.42 Å². The van der Waals surface area contributed by atoms with Crippen LogP contribution in [0.15, 0.2) is 17.3 Å². The Morgan fingerprint density at radius 2 is 1.85 bits per heavy atom. The summed E-state index contributed by atoms with van der Waals surface area (Å²) in [6.45, 7) is 2.96. The van der Waals surface area contributed by atoms with Crippen LogP contribution in [0, 0.1) is 6.92 Å². The first-order valence-corrected chi connectivity index (χ1v) is 5.69. The molecule has 1 rings (SSSR count). The second kappa shape index (κ2) is 12.0. The Morgan fingerprint density at radius 3 is 2.35 bits per heavy atom. The number of hydrogen-bond donors (Lipinski definition) is 2. The van der Waals surface area contributed by atoms with Crippen molar-refractivity contribution in [1.82, 2.24) is 9.88 Å². The Kier molecular flexibility index (Phi) is 14.6. The Labute approximate surface area is 139 Å². The molecule has 20 heavy (non-hydrogen) atoms. The predicted octanol–water partition coefficient (Wildman–Crippen LogP) is 2.05. The van der Waals surface area contributed by atoms with E-state index >= 15 is 0 Å². The smallest absolute Gasteiger partial charge is 0.191 e. The number of aromatic nitrogens is 1. The Balaban J connectivity index is -0.000000963. The summed E-state index contributed by atoms with van der Waals surface area (Å²) in [6.07, 6.45) is 3.97. The zero-order valence-corrected chi connectivity index (χ0v) is 14.4. The quantitative estimate of drug-likeness (QED) is 0.633. The van der Waals surface area contributed by atoms with Crippen LogP contribution < -0.4 is 11.5 Å². The van der Waals surface area contributed by atoms with Gasteiger partial charge in [-0.1, -0.05) is 0 Å². The lowest BCUT2D eigenvalue weighted by Gasteiger charge is -2.09. The minimum absolute atomic E-state index is 0. The van der Waals surface area contributed by atoms with Gasteiger partial charge in [-0.25, -0.2) is 4.99 Å². The molecular weight excluding hydrogens is 321 g/mol. The zero-order chi connectivity index (χ0) is 12.8. The summed E-state index contributed by atoms with van der Waals surface area (Å²) >= 11 is 0. The van der Waals surface area contributed by atoms with E-state index in [-0.39, 0.29) is 43.2 Å². The van der Waals surface area contributed by atoms with Crippen molar-refractivity contribution in [2.45, 2.75) is 19.8 Å². The average molecular weight is 345 g/mol. The van der Waals surface area contributed by atoms with Crippen molar-refractivity contribution in [2.24, 2.45) is 16.5 Å². The summed E-state index contributed by atoms with van der Waals surface area (Å²) in [4.78, 5) is 10.5. The summed E-state index contributed by atoms with van der Waals surface area (Å²) in [5.41, 5.74) is 13.5. The lowest BCUT2D eigenvalue weighted by Crippen LogP contribution is -2.22. The van der Waals surface area contributed by atoms with Gasteiger partial charge in [0.05, 0.1) is 11.4 Å². The van der Waals surface area contributed by atoms with Crippen molar-refractivity contribution in [3.63, 3.8) is 0 Å². The molecule has 1 aromatic rings. The third kappa shape index (κ3) is 9.20. The fourth-order valence-corrected chi connectivity index (χ4v) is 1.55. The van der Waals surface area contributed by atoms with E-state index in [0.29, 0.717) is 0 Å². The molecule has 0 radical (unpaired) electrons. The monoisotopic (exact) mass is 343 g/mol. The summed E-state index contributed by atoms with van der Waals surface area (Å²) in [7, 11) is 4.14. The molecule has 0 bridgehead atoms. The third-order valence-electron chi connectivity index (χ3n) is 2.44. The van der Waals surface area contributed by atoms with E-state index in [1.54, 1.807) is 0 Å². The van der Waals surface area contributed by atoms with E-state index < -0.39 is 0 Å². The summed E-state index contributed by atoms with van der Waals surface area (Å²) in [5.74, 6) is 0.0698. The van der Waals surface area contributed by atoms with Gasteiger partial charge >= 0.3 is 0 Å². The summed E-state index contributed by atoms with van der Waals surface area (Å²) in [6, 6.07) is 2.00. The van der Waals surface area contributed by atoms with Crippen LogP contribution in [0.5, 0.6) is 0 Å². The maximum atomic E-state index is 5.38. The molecule has 0 amide bonds. The van der Waals surface area contributed by atoms with Gasteiger partial charge in [-0.15, -0.1) is 37.2 Å². The van der Waals surface area contributed by atoms with E-state index in [4.69, 9.17) is 11.5 Å². The highest BCUT2D eigenvalue weighted by molar-refractivity contribution is 5.86. The first kappa shape index (κ1) is 24.3. The first-order chi connectivity index (χ1) is 7.99. The second-order valence-corrected chi connectivity index (χ2v) is 4.39. The van der Waals surface area contributed by atoms with Crippen molar-refractivity contribution in [3.8, 4) is 0 Å². The number of nitrogens with two attached hydrogens (primary N) is 2. The van der Waals surface area contributed by atoms with Crippen LogP contribution in [0.4, 0.5) is 5.69 Å². The largest absolute Gasteiger partial charge is 0.370 e. The molecular formula is C12H24Cl3N5. The predicted molar refractivity (Wildman–Crippen MR) is 93.1 cm³/mol. The average Bonchev–Trinajstić information content (AvgIpc) is 2.21. The SMILES string of the molecule is Cc1ncc(CCCN(C)C)cc1N=C(N)N.Cl.Cl.Cl. The molecule has 0 aromatic carbocycles. The van der Waals surface area contributed by atoms with Crippen molar-refractivity contribution >= 4 is 48.9 Å². The molecule has 4 N–H and O–H groups in total. The highest BCUT2D eigenvalue weighted by Crippen LogP contribution is 2.18. The van der Waals surface area contributed by atoms with E-state index in [9.17, 15) is 0 Å². The molecule has 5 nitrogen and oxygen atoms in total. The van der Waals surface area contributed by atoms with Gasteiger partial charge in [-0.05, 0) is 52.0 Å². The van der Waals surface area contributed by atoms with Crippen molar-refractivity contribution in [1.29, 1.82) is 0 Å². The van der Waals surface area contributed by atoms with Crippen LogP contribution in [0.25, 0.3) is 0 Å². The molecule has 0 saturated heterocycles. The summed E-state index contributed by atoms with van der Waals surface area (Å²) < 4.78 is 0. The number of nitrogens with zero attached hydrogens (tertiary/aromatic N) is 3. The Morgan fingerprint density at radius 1 is 1.25 bits per heavy atom. The number of halogens is 3. The highest BCUT2D eigenvalue weighted by Gasteiger charge is 2.02. The molecule has 0 fully saturated rings. The summed E-state index contributed by atoms with van der Waals surface area (Å²) in [5, 5.41) is 0. The number of rotatable bonds is 5. The van der Waals surface area contributed by atoms with Crippen LogP contribution in [0.2, 0.25) is 0 Å². The second-order valence-electron chi connectivity index (χ2n) is 4.39. The molecule has 0 unspecified atom stereocenters. The fourth-order valence-electron chi connectivity index (χ4n) is 1.55. The lowest BCUT2D eigenvalue weighted by atomic mass is 10.1. The van der Waals surface area contributed by atoms with Crippen LogP contribution in [0.1, 0.15) is 17.7 Å². The van der Waals surface area contributed by atoms with Gasteiger partial charge in [-0.2, -0.15) is 0 Å². The fraction of sp³-hybridized carbons (Fsp3) is 0.500. The van der Waals surface area contributed by atoms with E-state index in [0.717, 1.165) is 36.3 Å². The third-order valence-corrected chi connectivity index (χ3v) is 2.44. The van der Waals surface area contributed by atoms with Gasteiger partial charge in [0.25, 0.3) is 0 Å². The van der Waals surface area contributed by atoms with Gasteiger partial charge in [-0.3, -0.25) is 4.98 Å². The molecule has 1 heterocycles. The number of guanidine groups is 1. The molecule has 118 valence electrons. The standard InChI is InChI=1S/C12H21N5.3ClH/c1-9-11(16-12(13)14)7-10(8-15-9)5-4-6-17(2)3;;;/h7-8H,4-6H2,1-3H3,(H4,13,14,16);3*1H. The minimum atomic E-state index is 0. The zero-order valence-electron chi connectivity index (χ0n) is 12.0. The first-order valence-electron chi connectivity index (χ1n) is 5.69. The van der Waals surface area contributed by atoms with Gasteiger partial charge in [0.1, 0.15) is 0 Å². The van der Waals surface area contributed by atoms with E-state index in [2.05, 4.69) is 29.0 Å². The molecule has 1 aromatic heterocycles. The van der Waals surface area contributed by atoms with Gasteiger partial charge in [0, 0.05) is 6.20 Å². The molecule has 0 spiro atoms. The Bertz CT molecular complexity index is 406. The lowest BCUT2D eigenvalue weighted by molar-refractivity contribution is 0.400. The number of aliphatic imine (C=N–C) groups is 1. The van der Waals surface area contributed by atoms with Crippen LogP contribution in [-0.4, -0.2) is 36.5 Å². The van der Waals surface area contributed by atoms with E-state index in [1.807, 2.05) is 19.2 Å². The minimum Gasteiger partial charge on any atom is -0.370 e. The molecule has 0 atom stereocenters. The number of pyridine rings is 1. The topological polar surface area (TPSA) is 80.5 Å². The molecule has 0 aliphatic rings. The molecule has 0 saturated carbocycles. The normalized spacial score (nSPS) is 9.00. The van der Waals surface area contributed by atoms with Crippen LogP contribution in [0.3, 0.4) is 0 Å². The molecule has 0 aliphatic carbocycles. The number of hydrogen-bond acceptors (Lipinski definition) is 3. The number of aryl methyl sites for hydroxylation is 2. The van der Waals surface area contributed by atoms with Gasteiger partial charge in [0.2, 0.25) is 0 Å². The van der Waals surface area contributed by atoms with Crippen molar-refractivity contribution in [2.75, 3.05) is 20.6 Å². The van der Waals surface area contributed by atoms with Gasteiger partial charge in [0.15, 0.2) is 5.96 Å². The van der Waals surface area contributed by atoms with Crippen LogP contribution >= 0.6 is 37.2 Å². The van der Waals surface area contributed by atoms with E-state index in [1.165, 1.54) is 0 Å². The Hall–Kier alpha value is -0.750. The van der Waals surface area contributed by atoms with Crippen molar-refractivity contribution < 1.29 is 0 Å². The maximum Gasteiger partial charge on any atom is 0.191 e. The highest BCUT2D eigenvalue weighted by atomic mass is 35.5.